The number of carbonyl (C=O) groups is 1. The van der Waals surface area contributed by atoms with Gasteiger partial charge in [-0.15, -0.1) is 0 Å². The zero-order chi connectivity index (χ0) is 18.1. The maximum atomic E-state index is 9.45. The summed E-state index contributed by atoms with van der Waals surface area (Å²) < 4.78 is 1.33. The summed E-state index contributed by atoms with van der Waals surface area (Å²) in [7, 11) is 2.49. The van der Waals surface area contributed by atoms with Crippen LogP contribution in [-0.2, 0) is 4.79 Å². The van der Waals surface area contributed by atoms with E-state index < -0.39 is 12.1 Å². The number of hydrogen-bond donors (Lipinski definition) is 2. The van der Waals surface area contributed by atoms with E-state index in [2.05, 4.69) is 27.8 Å². The average molecular weight is 333 g/mol. The minimum Gasteiger partial charge on any atom is -0.479 e. The fraction of sp³-hybridized carbons (Fsp3) is 0.947. The Hall–Kier alpha value is -0.610. The number of hydrogen-bond acceptors (Lipinski definition) is 2. The van der Waals surface area contributed by atoms with Gasteiger partial charge in [-0.25, -0.2) is 4.79 Å². The number of nitrogens with zero attached hydrogens (tertiary/aromatic N) is 1. The van der Waals surface area contributed by atoms with Crippen LogP contribution in [0, 0.1) is 0 Å². The maximum Gasteiger partial charge on any atom is 0.332 e. The number of aliphatic carboxylic acids is 1. The molecule has 4 heteroatoms. The molecule has 0 heterocycles. The molecular weight excluding hydrogens is 290 g/mol. The van der Waals surface area contributed by atoms with Crippen molar-refractivity contribution >= 4 is 5.97 Å². The van der Waals surface area contributed by atoms with Crippen molar-refractivity contribution in [1.82, 2.24) is 0 Å². The molecule has 0 aromatic rings. The third kappa shape index (κ3) is 17.6. The molecule has 140 valence electrons. The molecule has 0 aromatic carbocycles. The van der Waals surface area contributed by atoms with E-state index in [9.17, 15) is 4.79 Å². The van der Waals surface area contributed by atoms with Crippen molar-refractivity contribution in [2.24, 2.45) is 0 Å². The summed E-state index contributed by atoms with van der Waals surface area (Å²) in [5.41, 5.74) is 0. The number of rotatable bonds is 13. The van der Waals surface area contributed by atoms with E-state index in [4.69, 9.17) is 10.2 Å². The zero-order valence-electron chi connectivity index (χ0n) is 16.3. The fourth-order valence-electron chi connectivity index (χ4n) is 2.57. The first kappa shape index (κ1) is 24.6. The Morgan fingerprint density at radius 2 is 1.09 bits per heavy atom. The normalized spacial score (nSPS) is 12.4. The van der Waals surface area contributed by atoms with Crippen LogP contribution >= 0.6 is 0 Å². The van der Waals surface area contributed by atoms with Gasteiger partial charge in [-0.05, 0) is 45.4 Å². The van der Waals surface area contributed by atoms with Gasteiger partial charge in [-0.3, -0.25) is 0 Å². The van der Waals surface area contributed by atoms with Gasteiger partial charge in [0.2, 0.25) is 0 Å². The Bertz CT molecular complexity index is 241. The molecule has 0 aliphatic heterocycles. The van der Waals surface area contributed by atoms with Gasteiger partial charge in [-0.2, -0.15) is 0 Å². The number of aliphatic hydroxyl groups excluding tert-OH is 1. The number of carboxylic acid groups (broad SMARTS) is 1. The average Bonchev–Trinajstić information content (AvgIpc) is 2.49. The summed E-state index contributed by atoms with van der Waals surface area (Å²) in [4.78, 5) is 9.45. The highest BCUT2D eigenvalue weighted by molar-refractivity contribution is 5.71. The molecule has 0 fully saturated rings. The summed E-state index contributed by atoms with van der Waals surface area (Å²) in [6.45, 7) is 12.3. The Morgan fingerprint density at radius 1 is 0.826 bits per heavy atom. The first-order valence-electron chi connectivity index (χ1n) is 9.57. The lowest BCUT2D eigenvalue weighted by atomic mass is 10.1. The molecule has 23 heavy (non-hydrogen) atoms. The van der Waals surface area contributed by atoms with Crippen molar-refractivity contribution in [1.29, 1.82) is 0 Å². The van der Waals surface area contributed by atoms with Gasteiger partial charge in [0.1, 0.15) is 6.10 Å². The highest BCUT2D eigenvalue weighted by Crippen LogP contribution is 2.13. The molecule has 0 aliphatic carbocycles. The number of quaternary nitrogens is 1. The Labute approximate surface area is 144 Å². The second-order valence-corrected chi connectivity index (χ2v) is 6.93. The van der Waals surface area contributed by atoms with Crippen LogP contribution in [0.5, 0.6) is 0 Å². The van der Waals surface area contributed by atoms with Crippen LogP contribution in [0.3, 0.4) is 0 Å². The molecule has 0 bridgehead atoms. The minimum atomic E-state index is -1.23. The SMILES string of the molecule is CC(O)C(=O)O.CCCCC[N+](C)(CCCCC)CCCCC. The second kappa shape index (κ2) is 16.3. The third-order valence-corrected chi connectivity index (χ3v) is 4.26. The second-order valence-electron chi connectivity index (χ2n) is 6.93. The van der Waals surface area contributed by atoms with Crippen LogP contribution in [0.2, 0.25) is 0 Å². The van der Waals surface area contributed by atoms with Crippen molar-refractivity contribution in [2.45, 2.75) is 91.6 Å². The van der Waals surface area contributed by atoms with Crippen LogP contribution in [0.25, 0.3) is 0 Å². The first-order valence-corrected chi connectivity index (χ1v) is 9.57. The molecule has 4 nitrogen and oxygen atoms in total. The van der Waals surface area contributed by atoms with Crippen molar-refractivity contribution in [3.05, 3.63) is 0 Å². The summed E-state index contributed by atoms with van der Waals surface area (Å²) in [5.74, 6) is -1.19. The lowest BCUT2D eigenvalue weighted by Gasteiger charge is -2.35. The van der Waals surface area contributed by atoms with Crippen LogP contribution in [0.1, 0.15) is 85.5 Å². The van der Waals surface area contributed by atoms with Gasteiger partial charge in [0, 0.05) is 0 Å². The lowest BCUT2D eigenvalue weighted by molar-refractivity contribution is -0.910. The van der Waals surface area contributed by atoms with Gasteiger partial charge in [0.05, 0.1) is 26.7 Å². The van der Waals surface area contributed by atoms with Crippen LogP contribution < -0.4 is 0 Å². The lowest BCUT2D eigenvalue weighted by Crippen LogP contribution is -2.46. The van der Waals surface area contributed by atoms with Gasteiger partial charge < -0.3 is 14.7 Å². The van der Waals surface area contributed by atoms with Crippen LogP contribution in [0.4, 0.5) is 0 Å². The standard InChI is InChI=1S/C16H36N.C3H6O3/c1-5-8-11-14-17(4,15-12-9-6-2)16-13-10-7-3;1-2(4)3(5)6/h5-16H2,1-4H3;2,4H,1H3,(H,5,6)/q+1;. The zero-order valence-corrected chi connectivity index (χ0v) is 16.3. The Morgan fingerprint density at radius 3 is 1.26 bits per heavy atom. The van der Waals surface area contributed by atoms with Gasteiger partial charge in [0.25, 0.3) is 0 Å². The third-order valence-electron chi connectivity index (χ3n) is 4.26. The van der Waals surface area contributed by atoms with Gasteiger partial charge in [0.15, 0.2) is 0 Å². The molecule has 1 atom stereocenters. The molecule has 0 aliphatic rings. The van der Waals surface area contributed by atoms with Crippen molar-refractivity contribution < 1.29 is 19.5 Å². The van der Waals surface area contributed by atoms with E-state index >= 15 is 0 Å². The molecule has 0 saturated carbocycles. The van der Waals surface area contributed by atoms with E-state index in [1.54, 1.807) is 0 Å². The quantitative estimate of drug-likeness (QED) is 0.387. The van der Waals surface area contributed by atoms with Gasteiger partial charge >= 0.3 is 5.97 Å². The summed E-state index contributed by atoms with van der Waals surface area (Å²) in [6, 6.07) is 0. The van der Waals surface area contributed by atoms with E-state index in [1.165, 1.54) is 88.8 Å². The molecule has 1 unspecified atom stereocenters. The van der Waals surface area contributed by atoms with Crippen molar-refractivity contribution in [3.8, 4) is 0 Å². The van der Waals surface area contributed by atoms with Crippen molar-refractivity contribution in [2.75, 3.05) is 26.7 Å². The molecule has 0 amide bonds. The Balaban J connectivity index is 0. The molecule has 0 spiro atoms. The molecule has 0 saturated heterocycles. The molecule has 0 radical (unpaired) electrons. The van der Waals surface area contributed by atoms with E-state index in [0.29, 0.717) is 0 Å². The monoisotopic (exact) mass is 332 g/mol. The highest BCUT2D eigenvalue weighted by atomic mass is 16.4. The van der Waals surface area contributed by atoms with E-state index in [1.807, 2.05) is 0 Å². The van der Waals surface area contributed by atoms with Crippen LogP contribution in [0.15, 0.2) is 0 Å². The minimum absolute atomic E-state index is 1.19. The number of carboxylic acids is 1. The van der Waals surface area contributed by atoms with E-state index in [-0.39, 0.29) is 0 Å². The molecular formula is C19H42NO3+. The van der Waals surface area contributed by atoms with E-state index in [0.717, 1.165) is 0 Å². The topological polar surface area (TPSA) is 57.5 Å². The largest absolute Gasteiger partial charge is 0.479 e. The molecule has 0 rings (SSSR count). The van der Waals surface area contributed by atoms with Crippen LogP contribution in [-0.4, -0.2) is 53.5 Å². The smallest absolute Gasteiger partial charge is 0.332 e. The number of aliphatic hydroxyl groups is 1. The fourth-order valence-corrected chi connectivity index (χ4v) is 2.57. The molecule has 0 aromatic heterocycles. The van der Waals surface area contributed by atoms with Crippen molar-refractivity contribution in [3.63, 3.8) is 0 Å². The predicted molar refractivity (Wildman–Crippen MR) is 98.7 cm³/mol. The number of unbranched alkanes of at least 4 members (excludes halogenated alkanes) is 6. The summed E-state index contributed by atoms with van der Waals surface area (Å²) in [5, 5.41) is 15.8. The van der Waals surface area contributed by atoms with Gasteiger partial charge in [-0.1, -0.05) is 40.0 Å². The predicted octanol–water partition coefficient (Wildman–Crippen LogP) is 4.46. The maximum absolute atomic E-state index is 9.45. The first-order chi connectivity index (χ1) is 10.8. The highest BCUT2D eigenvalue weighted by Gasteiger charge is 2.19. The summed E-state index contributed by atoms with van der Waals surface area (Å²) in [6.07, 6.45) is 11.3. The molecule has 2 N–H and O–H groups in total. The Kier molecular flexibility index (Phi) is 17.4. The summed E-state index contributed by atoms with van der Waals surface area (Å²) >= 11 is 0.